The number of aldehydes is 1. The zero-order valence-electron chi connectivity index (χ0n) is 20.2. The van der Waals surface area contributed by atoms with Crippen LogP contribution in [0, 0.1) is 5.92 Å². The van der Waals surface area contributed by atoms with Crippen LogP contribution >= 0.6 is 11.3 Å². The van der Waals surface area contributed by atoms with Crippen molar-refractivity contribution < 1.29 is 19.1 Å². The number of allylic oxidation sites excluding steroid dienone is 4. The molecule has 0 aromatic carbocycles. The summed E-state index contributed by atoms with van der Waals surface area (Å²) in [5.74, 6) is 0.699. The molecule has 0 bridgehead atoms. The second-order valence-electron chi connectivity index (χ2n) is 9.62. The van der Waals surface area contributed by atoms with E-state index in [1.807, 2.05) is 17.0 Å². The summed E-state index contributed by atoms with van der Waals surface area (Å²) in [6.07, 6.45) is 20.4. The lowest BCUT2D eigenvalue weighted by Gasteiger charge is -2.29. The number of rotatable bonds is 11. The third-order valence-electron chi connectivity index (χ3n) is 6.86. The van der Waals surface area contributed by atoms with Crippen LogP contribution in [0.15, 0.2) is 48.1 Å². The van der Waals surface area contributed by atoms with Crippen LogP contribution in [0.3, 0.4) is 0 Å². The number of nitrogens with zero attached hydrogens (tertiary/aromatic N) is 1. The molecule has 34 heavy (non-hydrogen) atoms. The molecule has 4 atom stereocenters. The fraction of sp³-hybridized carbons (Fsp3) is 0.571. The predicted molar refractivity (Wildman–Crippen MR) is 136 cm³/mol. The Morgan fingerprint density at radius 1 is 1.29 bits per heavy atom. The smallest absolute Gasteiger partial charge is 0.223 e. The predicted octanol–water partition coefficient (Wildman–Crippen LogP) is 5.86. The van der Waals surface area contributed by atoms with E-state index < -0.39 is 0 Å². The van der Waals surface area contributed by atoms with Gasteiger partial charge in [-0.2, -0.15) is 0 Å². The minimum absolute atomic E-state index is 0.0194. The quantitative estimate of drug-likeness (QED) is 0.292. The van der Waals surface area contributed by atoms with Gasteiger partial charge in [-0.1, -0.05) is 36.0 Å². The van der Waals surface area contributed by atoms with Gasteiger partial charge in [0.25, 0.3) is 0 Å². The number of thiophene rings is 1. The van der Waals surface area contributed by atoms with Crippen molar-refractivity contribution in [1.29, 1.82) is 0 Å². The molecule has 2 aliphatic heterocycles. The summed E-state index contributed by atoms with van der Waals surface area (Å²) < 4.78 is 12.3. The molecule has 2 fully saturated rings. The summed E-state index contributed by atoms with van der Waals surface area (Å²) in [6.45, 7) is 3.67. The van der Waals surface area contributed by atoms with E-state index in [9.17, 15) is 9.59 Å². The summed E-state index contributed by atoms with van der Waals surface area (Å²) in [5, 5.41) is 0. The molecule has 0 spiro atoms. The van der Waals surface area contributed by atoms with Gasteiger partial charge in [0.1, 0.15) is 0 Å². The Kier molecular flexibility index (Phi) is 9.31. The Bertz CT molecular complexity index is 911. The number of carbonyl (C=O) groups excluding carboxylic acids is 2. The molecule has 0 radical (unpaired) electrons. The summed E-state index contributed by atoms with van der Waals surface area (Å²) in [4.78, 5) is 27.5. The molecule has 3 aliphatic rings. The number of carbonyl (C=O) groups is 2. The summed E-state index contributed by atoms with van der Waals surface area (Å²) in [5.41, 5.74) is 1.31. The summed E-state index contributed by atoms with van der Waals surface area (Å²) >= 11 is 1.54. The second-order valence-corrected chi connectivity index (χ2v) is 10.8. The zero-order valence-corrected chi connectivity index (χ0v) is 21.0. The Balaban J connectivity index is 1.35. The Morgan fingerprint density at radius 2 is 2.21 bits per heavy atom. The maximum Gasteiger partial charge on any atom is 0.223 e. The number of aryl methyl sites for hydroxylation is 1. The van der Waals surface area contributed by atoms with E-state index >= 15 is 0 Å². The van der Waals surface area contributed by atoms with Crippen molar-refractivity contribution in [3.63, 3.8) is 0 Å². The fourth-order valence-corrected chi connectivity index (χ4v) is 5.96. The van der Waals surface area contributed by atoms with E-state index in [-0.39, 0.29) is 24.3 Å². The first kappa shape index (κ1) is 25.1. The molecule has 1 aliphatic carbocycles. The topological polar surface area (TPSA) is 55.8 Å². The van der Waals surface area contributed by atoms with Crippen molar-refractivity contribution in [2.45, 2.75) is 83.1 Å². The maximum atomic E-state index is 12.6. The van der Waals surface area contributed by atoms with Crippen molar-refractivity contribution in [3.05, 3.63) is 57.8 Å². The highest BCUT2D eigenvalue weighted by Gasteiger charge is 2.29. The van der Waals surface area contributed by atoms with Crippen molar-refractivity contribution >= 4 is 23.5 Å². The molecule has 6 heteroatoms. The molecule has 3 heterocycles. The third-order valence-corrected chi connectivity index (χ3v) is 7.93. The number of amides is 1. The normalized spacial score (nSPS) is 26.3. The van der Waals surface area contributed by atoms with Gasteiger partial charge in [-0.05, 0) is 76.3 Å². The molecule has 184 valence electrons. The van der Waals surface area contributed by atoms with Crippen LogP contribution in [-0.2, 0) is 20.7 Å². The average molecular weight is 484 g/mol. The molecule has 2 saturated heterocycles. The Hall–Kier alpha value is -2.02. The molecule has 5 nitrogen and oxygen atoms in total. The van der Waals surface area contributed by atoms with Gasteiger partial charge in [-0.15, -0.1) is 11.3 Å². The molecule has 1 aromatic rings. The van der Waals surface area contributed by atoms with E-state index in [4.69, 9.17) is 9.47 Å². The number of ether oxygens (including phenoxy) is 2. The highest BCUT2D eigenvalue weighted by Crippen LogP contribution is 2.27. The van der Waals surface area contributed by atoms with Gasteiger partial charge < -0.3 is 14.4 Å². The average Bonchev–Trinajstić information content (AvgIpc) is 3.45. The van der Waals surface area contributed by atoms with Crippen LogP contribution in [0.4, 0.5) is 0 Å². The van der Waals surface area contributed by atoms with Gasteiger partial charge in [0, 0.05) is 24.4 Å². The number of hydrogen-bond donors (Lipinski definition) is 0. The SMILES string of the molecule is CC1=CC(C[C@@H](/C=C/[C@H]2CCC(=O)N2CCCc2ccc(C=O)s2)OC2CCCCO2)CC=C1. The minimum atomic E-state index is -0.129. The van der Waals surface area contributed by atoms with Crippen molar-refractivity contribution in [2.24, 2.45) is 5.92 Å². The van der Waals surface area contributed by atoms with E-state index in [1.54, 1.807) is 11.3 Å². The van der Waals surface area contributed by atoms with E-state index in [1.165, 1.54) is 10.5 Å². The molecule has 0 N–H and O–H groups in total. The maximum absolute atomic E-state index is 12.6. The van der Waals surface area contributed by atoms with E-state index in [0.717, 1.165) is 75.7 Å². The van der Waals surface area contributed by atoms with Gasteiger partial charge in [0.05, 0.1) is 17.0 Å². The lowest BCUT2D eigenvalue weighted by Crippen LogP contribution is -2.33. The molecular formula is C28H37NO4S. The summed E-state index contributed by atoms with van der Waals surface area (Å²) in [7, 11) is 0. The molecule has 1 amide bonds. The van der Waals surface area contributed by atoms with Gasteiger partial charge in [-0.25, -0.2) is 0 Å². The van der Waals surface area contributed by atoms with Crippen LogP contribution in [-0.4, -0.2) is 48.7 Å². The fourth-order valence-electron chi connectivity index (χ4n) is 5.09. The van der Waals surface area contributed by atoms with Crippen LogP contribution < -0.4 is 0 Å². The standard InChI is InChI=1S/C28H37NO4S/c1-21-6-4-7-22(18-21)19-24(33-28-9-2-3-17-32-28)12-10-23-11-15-27(31)29(23)16-5-8-25-13-14-26(20-30)34-25/h4,6,10,12-14,18,20,22-24,28H,2-3,5,7-9,11,15-17,19H2,1H3/b12-10+/t22?,23-,24+,28?/m0/s1. The first-order valence-electron chi connectivity index (χ1n) is 12.7. The summed E-state index contributed by atoms with van der Waals surface area (Å²) in [6, 6.07) is 4.01. The third kappa shape index (κ3) is 7.24. The zero-order chi connectivity index (χ0) is 23.8. The lowest BCUT2D eigenvalue weighted by atomic mass is 9.91. The van der Waals surface area contributed by atoms with Crippen LogP contribution in [0.5, 0.6) is 0 Å². The van der Waals surface area contributed by atoms with Gasteiger partial charge >= 0.3 is 0 Å². The largest absolute Gasteiger partial charge is 0.353 e. The van der Waals surface area contributed by atoms with Crippen LogP contribution in [0.1, 0.15) is 72.8 Å². The van der Waals surface area contributed by atoms with E-state index in [0.29, 0.717) is 12.3 Å². The molecular weight excluding hydrogens is 446 g/mol. The monoisotopic (exact) mass is 483 g/mol. The highest BCUT2D eigenvalue weighted by atomic mass is 32.1. The second kappa shape index (κ2) is 12.6. The molecule has 0 saturated carbocycles. The molecule has 4 rings (SSSR count). The van der Waals surface area contributed by atoms with Gasteiger partial charge in [0.2, 0.25) is 5.91 Å². The van der Waals surface area contributed by atoms with E-state index in [2.05, 4.69) is 37.3 Å². The minimum Gasteiger partial charge on any atom is -0.353 e. The first-order valence-corrected chi connectivity index (χ1v) is 13.6. The number of likely N-dealkylation sites (tertiary alicyclic amines) is 1. The van der Waals surface area contributed by atoms with Crippen molar-refractivity contribution in [3.8, 4) is 0 Å². The lowest BCUT2D eigenvalue weighted by molar-refractivity contribution is -0.180. The van der Waals surface area contributed by atoms with Crippen LogP contribution in [0.2, 0.25) is 0 Å². The molecule has 2 unspecified atom stereocenters. The van der Waals surface area contributed by atoms with Crippen LogP contribution in [0.25, 0.3) is 0 Å². The molecule has 1 aromatic heterocycles. The van der Waals surface area contributed by atoms with Crippen molar-refractivity contribution in [1.82, 2.24) is 4.90 Å². The first-order chi connectivity index (χ1) is 16.6. The van der Waals surface area contributed by atoms with Gasteiger partial charge in [0.15, 0.2) is 12.6 Å². The van der Waals surface area contributed by atoms with Gasteiger partial charge in [-0.3, -0.25) is 9.59 Å². The Morgan fingerprint density at radius 3 is 2.97 bits per heavy atom. The number of hydrogen-bond acceptors (Lipinski definition) is 5. The van der Waals surface area contributed by atoms with Crippen molar-refractivity contribution in [2.75, 3.05) is 13.2 Å². The highest BCUT2D eigenvalue weighted by molar-refractivity contribution is 7.13. The Labute approximate surface area is 207 Å².